The zero-order valence-corrected chi connectivity index (χ0v) is 20.8. The molecule has 0 aromatic heterocycles. The highest BCUT2D eigenvalue weighted by molar-refractivity contribution is 7.90. The third kappa shape index (κ3) is 5.63. The van der Waals surface area contributed by atoms with E-state index in [1.54, 1.807) is 61.5 Å². The molecule has 1 aliphatic carbocycles. The van der Waals surface area contributed by atoms with Crippen LogP contribution in [-0.4, -0.2) is 39.5 Å². The summed E-state index contributed by atoms with van der Waals surface area (Å²) in [5, 5.41) is 2.93. The number of hydrogen-bond acceptors (Lipinski definition) is 6. The van der Waals surface area contributed by atoms with Gasteiger partial charge in [-0.2, -0.15) is 4.99 Å². The summed E-state index contributed by atoms with van der Waals surface area (Å²) in [4.78, 5) is 28.6. The highest BCUT2D eigenvalue weighted by Gasteiger charge is 2.45. The number of sulfone groups is 1. The molecule has 8 nitrogen and oxygen atoms in total. The van der Waals surface area contributed by atoms with Gasteiger partial charge in [-0.15, -0.1) is 0 Å². The van der Waals surface area contributed by atoms with E-state index >= 15 is 0 Å². The van der Waals surface area contributed by atoms with E-state index in [2.05, 4.69) is 10.3 Å². The van der Waals surface area contributed by atoms with Gasteiger partial charge in [-0.1, -0.05) is 42.5 Å². The number of nitrogens with two attached hydrogens (primary N) is 1. The molecule has 0 aliphatic heterocycles. The first-order valence-electron chi connectivity index (χ1n) is 11.5. The number of ether oxygens (including phenoxy) is 1. The smallest absolute Gasteiger partial charge is 0.433 e. The van der Waals surface area contributed by atoms with Crippen LogP contribution in [0.5, 0.6) is 0 Å². The lowest BCUT2D eigenvalue weighted by Crippen LogP contribution is -2.15. The summed E-state index contributed by atoms with van der Waals surface area (Å²) in [7, 11) is -3.38. The first kappa shape index (κ1) is 25.1. The van der Waals surface area contributed by atoms with Crippen molar-refractivity contribution in [2.24, 2.45) is 10.9 Å². The second kappa shape index (κ2) is 10.3. The Morgan fingerprint density at radius 3 is 2.50 bits per heavy atom. The standard InChI is InChI=1S/C27H27N3O5S/c1-3-35-27(32)29-16-23-20(8-6-9-24(23)28)21-15-22(21)26(31)30-18-13-11-17(12-14-18)19-7-4-5-10-25(19)36(2,33)34/h4-14,16,21-22H,3,15,28H2,1-2H3,(H,30,31)/t21-,22-/m1/s1. The molecule has 2 amide bonds. The molecule has 0 saturated heterocycles. The Hall–Kier alpha value is -3.98. The van der Waals surface area contributed by atoms with E-state index in [0.29, 0.717) is 28.9 Å². The predicted molar refractivity (Wildman–Crippen MR) is 140 cm³/mol. The SMILES string of the molecule is CCOC(=O)N=Cc1c(N)cccc1[C@H]1C[C@H]1C(=O)Nc1ccc(-c2ccccc2S(C)(=O)=O)cc1. The minimum atomic E-state index is -3.38. The number of hydrogen-bond donors (Lipinski definition) is 2. The van der Waals surface area contributed by atoms with Gasteiger partial charge in [0.2, 0.25) is 5.91 Å². The van der Waals surface area contributed by atoms with Gasteiger partial charge in [0, 0.05) is 40.9 Å². The number of aliphatic imine (C=N–C) groups is 1. The summed E-state index contributed by atoms with van der Waals surface area (Å²) in [5.41, 5.74) is 10.0. The number of anilines is 2. The number of nitrogens with zero attached hydrogens (tertiary/aromatic N) is 1. The summed E-state index contributed by atoms with van der Waals surface area (Å²) >= 11 is 0. The molecule has 0 bridgehead atoms. The molecule has 1 fully saturated rings. The number of nitrogens with one attached hydrogen (secondary N) is 1. The van der Waals surface area contributed by atoms with Gasteiger partial charge < -0.3 is 15.8 Å². The van der Waals surface area contributed by atoms with E-state index in [1.165, 1.54) is 12.5 Å². The van der Waals surface area contributed by atoms with Gasteiger partial charge in [0.15, 0.2) is 9.84 Å². The largest absolute Gasteiger partial charge is 0.448 e. The Bertz CT molecular complexity index is 1430. The molecule has 0 heterocycles. The van der Waals surface area contributed by atoms with E-state index < -0.39 is 15.9 Å². The molecule has 9 heteroatoms. The molecule has 3 aromatic carbocycles. The topological polar surface area (TPSA) is 128 Å². The van der Waals surface area contributed by atoms with Gasteiger partial charge in [-0.05, 0) is 54.7 Å². The lowest BCUT2D eigenvalue weighted by Gasteiger charge is -2.11. The van der Waals surface area contributed by atoms with Crippen molar-refractivity contribution in [1.29, 1.82) is 0 Å². The fraction of sp³-hybridized carbons (Fsp3) is 0.222. The maximum Gasteiger partial charge on any atom is 0.433 e. The van der Waals surface area contributed by atoms with Gasteiger partial charge in [0.1, 0.15) is 0 Å². The highest BCUT2D eigenvalue weighted by atomic mass is 32.2. The first-order chi connectivity index (χ1) is 17.2. The second-order valence-corrected chi connectivity index (χ2v) is 10.6. The van der Waals surface area contributed by atoms with Crippen LogP contribution in [0, 0.1) is 5.92 Å². The maximum absolute atomic E-state index is 12.9. The molecule has 186 valence electrons. The van der Waals surface area contributed by atoms with Crippen LogP contribution in [0.3, 0.4) is 0 Å². The summed E-state index contributed by atoms with van der Waals surface area (Å²) in [5.74, 6) is -0.412. The van der Waals surface area contributed by atoms with Gasteiger partial charge >= 0.3 is 6.09 Å². The maximum atomic E-state index is 12.9. The number of rotatable bonds is 7. The van der Waals surface area contributed by atoms with Crippen molar-refractivity contribution in [1.82, 2.24) is 0 Å². The van der Waals surface area contributed by atoms with Crippen molar-refractivity contribution in [3.8, 4) is 11.1 Å². The minimum absolute atomic E-state index is 0.0435. The van der Waals surface area contributed by atoms with E-state index in [4.69, 9.17) is 10.5 Å². The monoisotopic (exact) mass is 505 g/mol. The van der Waals surface area contributed by atoms with Crippen LogP contribution in [-0.2, 0) is 19.4 Å². The summed E-state index contributed by atoms with van der Waals surface area (Å²) in [6.45, 7) is 1.93. The predicted octanol–water partition coefficient (Wildman–Crippen LogP) is 4.66. The zero-order chi connectivity index (χ0) is 25.9. The zero-order valence-electron chi connectivity index (χ0n) is 20.0. The highest BCUT2D eigenvalue weighted by Crippen LogP contribution is 2.49. The Kier molecular flexibility index (Phi) is 7.21. The van der Waals surface area contributed by atoms with Crippen LogP contribution >= 0.6 is 0 Å². The fourth-order valence-corrected chi connectivity index (χ4v) is 5.09. The Labute approximate surface area is 210 Å². The van der Waals surface area contributed by atoms with Gasteiger partial charge in [0.25, 0.3) is 0 Å². The molecule has 0 radical (unpaired) electrons. The molecule has 3 aromatic rings. The molecular weight excluding hydrogens is 478 g/mol. The van der Waals surface area contributed by atoms with Crippen molar-refractivity contribution in [3.63, 3.8) is 0 Å². The molecule has 3 N–H and O–H groups in total. The van der Waals surface area contributed by atoms with E-state index in [-0.39, 0.29) is 29.2 Å². The number of carbonyl (C=O) groups is 2. The number of carbonyl (C=O) groups excluding carboxylic acids is 2. The van der Waals surface area contributed by atoms with E-state index in [1.807, 2.05) is 12.1 Å². The molecule has 1 aliphatic rings. The van der Waals surface area contributed by atoms with Gasteiger partial charge in [-0.25, -0.2) is 13.2 Å². The lowest BCUT2D eigenvalue weighted by molar-refractivity contribution is -0.117. The summed E-state index contributed by atoms with van der Waals surface area (Å²) < 4.78 is 29.1. The minimum Gasteiger partial charge on any atom is -0.448 e. The quantitative estimate of drug-likeness (QED) is 0.355. The molecule has 2 atom stereocenters. The summed E-state index contributed by atoms with van der Waals surface area (Å²) in [6, 6.07) is 19.3. The average molecular weight is 506 g/mol. The average Bonchev–Trinajstić information content (AvgIpc) is 3.64. The van der Waals surface area contributed by atoms with Crippen LogP contribution in [0.25, 0.3) is 11.1 Å². The van der Waals surface area contributed by atoms with Crippen LogP contribution in [0.2, 0.25) is 0 Å². The van der Waals surface area contributed by atoms with Crippen molar-refractivity contribution in [3.05, 3.63) is 77.9 Å². The van der Waals surface area contributed by atoms with Crippen molar-refractivity contribution in [2.45, 2.75) is 24.2 Å². The lowest BCUT2D eigenvalue weighted by atomic mass is 10.0. The van der Waals surface area contributed by atoms with Gasteiger partial charge in [0.05, 0.1) is 11.5 Å². The van der Waals surface area contributed by atoms with E-state index in [9.17, 15) is 18.0 Å². The molecular formula is C27H27N3O5S. The third-order valence-corrected chi connectivity index (χ3v) is 7.17. The van der Waals surface area contributed by atoms with Crippen LogP contribution in [0.15, 0.2) is 76.6 Å². The first-order valence-corrected chi connectivity index (χ1v) is 13.4. The van der Waals surface area contributed by atoms with E-state index in [0.717, 1.165) is 11.1 Å². The second-order valence-electron chi connectivity index (χ2n) is 8.59. The molecule has 0 unspecified atom stereocenters. The number of nitrogen functional groups attached to an aromatic ring is 1. The Morgan fingerprint density at radius 1 is 1.08 bits per heavy atom. The van der Waals surface area contributed by atoms with Crippen molar-refractivity contribution < 1.29 is 22.7 Å². The number of benzene rings is 3. The van der Waals surface area contributed by atoms with Crippen LogP contribution in [0.1, 0.15) is 30.4 Å². The van der Waals surface area contributed by atoms with Crippen LogP contribution < -0.4 is 11.1 Å². The Balaban J connectivity index is 1.46. The summed E-state index contributed by atoms with van der Waals surface area (Å²) in [6.07, 6.45) is 2.53. The fourth-order valence-electron chi connectivity index (χ4n) is 4.18. The number of amides is 2. The van der Waals surface area contributed by atoms with Gasteiger partial charge in [-0.3, -0.25) is 4.79 Å². The molecule has 0 spiro atoms. The normalized spacial score (nSPS) is 17.1. The molecule has 4 rings (SSSR count). The Morgan fingerprint density at radius 2 is 1.81 bits per heavy atom. The van der Waals surface area contributed by atoms with Crippen molar-refractivity contribution in [2.75, 3.05) is 23.9 Å². The van der Waals surface area contributed by atoms with Crippen molar-refractivity contribution >= 4 is 39.4 Å². The van der Waals surface area contributed by atoms with Crippen LogP contribution in [0.4, 0.5) is 16.2 Å². The molecule has 1 saturated carbocycles. The third-order valence-electron chi connectivity index (χ3n) is 6.02. The molecule has 36 heavy (non-hydrogen) atoms.